The fourth-order valence-electron chi connectivity index (χ4n) is 2.56. The lowest BCUT2D eigenvalue weighted by molar-refractivity contribution is 0.335. The van der Waals surface area contributed by atoms with Crippen molar-refractivity contribution in [3.05, 3.63) is 71.7 Å². The van der Waals surface area contributed by atoms with E-state index in [9.17, 15) is 4.91 Å². The summed E-state index contributed by atoms with van der Waals surface area (Å²) in [7, 11) is 0. The highest BCUT2D eigenvalue weighted by Crippen LogP contribution is 2.25. The molecule has 4 rings (SSSR count). The molecule has 0 radical (unpaired) electrons. The molecule has 10 nitrogen and oxygen atoms in total. The molecule has 28 heavy (non-hydrogen) atoms. The van der Waals surface area contributed by atoms with Crippen LogP contribution >= 0.6 is 0 Å². The van der Waals surface area contributed by atoms with Crippen LogP contribution in [0.3, 0.4) is 0 Å². The lowest BCUT2D eigenvalue weighted by atomic mass is 10.2. The van der Waals surface area contributed by atoms with E-state index in [-0.39, 0.29) is 0 Å². The predicted molar refractivity (Wildman–Crippen MR) is 102 cm³/mol. The SMILES string of the molecule is O=NOc1cccc(Nc2n[nH]c(-c3cccnc3NCc3ccco3)n2)c1. The number of H-pyrrole nitrogens is 1. The Bertz CT molecular complexity index is 1060. The van der Waals surface area contributed by atoms with Crippen molar-refractivity contribution < 1.29 is 9.25 Å². The van der Waals surface area contributed by atoms with Gasteiger partial charge in [-0.2, -0.15) is 4.98 Å². The van der Waals surface area contributed by atoms with E-state index < -0.39 is 0 Å². The Labute approximate surface area is 158 Å². The first-order valence-corrected chi connectivity index (χ1v) is 8.32. The summed E-state index contributed by atoms with van der Waals surface area (Å²) < 4.78 is 5.33. The highest BCUT2D eigenvalue weighted by molar-refractivity contribution is 5.70. The van der Waals surface area contributed by atoms with Gasteiger partial charge in [0.2, 0.25) is 5.95 Å². The molecule has 0 aliphatic heterocycles. The first-order valence-electron chi connectivity index (χ1n) is 8.32. The van der Waals surface area contributed by atoms with Crippen LogP contribution in [-0.2, 0) is 6.54 Å². The number of hydrogen-bond donors (Lipinski definition) is 3. The standard InChI is InChI=1S/C18H15N7O3/c26-25-28-13-5-1-4-12(10-13)21-18-22-17(23-24-18)15-7-2-8-19-16(15)20-11-14-6-3-9-27-14/h1-10H,11H2,(H,19,20)(H2,21,22,23,24). The van der Waals surface area contributed by atoms with Gasteiger partial charge in [0.25, 0.3) is 0 Å². The number of hydrogen-bond acceptors (Lipinski definition) is 9. The monoisotopic (exact) mass is 377 g/mol. The summed E-state index contributed by atoms with van der Waals surface area (Å²) in [6.45, 7) is 0.494. The van der Waals surface area contributed by atoms with Gasteiger partial charge in [-0.3, -0.25) is 5.10 Å². The summed E-state index contributed by atoms with van der Waals surface area (Å²) in [6, 6.07) is 14.1. The van der Waals surface area contributed by atoms with E-state index in [2.05, 4.69) is 41.0 Å². The van der Waals surface area contributed by atoms with Crippen LogP contribution in [-0.4, -0.2) is 20.2 Å². The second-order valence-electron chi connectivity index (χ2n) is 5.66. The van der Waals surface area contributed by atoms with Gasteiger partial charge in [0, 0.05) is 18.0 Å². The van der Waals surface area contributed by atoms with Gasteiger partial charge in [-0.1, -0.05) is 6.07 Å². The summed E-state index contributed by atoms with van der Waals surface area (Å²) in [5, 5.41) is 15.7. The lowest BCUT2D eigenvalue weighted by Crippen LogP contribution is -2.02. The molecule has 0 atom stereocenters. The Morgan fingerprint density at radius 1 is 1.18 bits per heavy atom. The van der Waals surface area contributed by atoms with Gasteiger partial charge in [0.15, 0.2) is 16.9 Å². The fraction of sp³-hybridized carbons (Fsp3) is 0.0556. The number of rotatable bonds is 8. The van der Waals surface area contributed by atoms with Crippen LogP contribution in [0.15, 0.2) is 70.7 Å². The number of benzene rings is 1. The first-order chi connectivity index (χ1) is 13.8. The number of aromatic amines is 1. The van der Waals surface area contributed by atoms with Gasteiger partial charge in [-0.25, -0.2) is 4.98 Å². The average molecular weight is 377 g/mol. The fourth-order valence-corrected chi connectivity index (χ4v) is 2.56. The minimum atomic E-state index is 0.312. The van der Waals surface area contributed by atoms with Gasteiger partial charge >= 0.3 is 0 Å². The minimum Gasteiger partial charge on any atom is -0.467 e. The molecule has 0 spiro atoms. The highest BCUT2D eigenvalue weighted by Gasteiger charge is 2.12. The van der Waals surface area contributed by atoms with Gasteiger partial charge in [0.05, 0.1) is 18.4 Å². The van der Waals surface area contributed by atoms with E-state index in [0.717, 1.165) is 11.3 Å². The van der Waals surface area contributed by atoms with Crippen LogP contribution in [0.2, 0.25) is 0 Å². The number of aromatic nitrogens is 4. The zero-order chi connectivity index (χ0) is 19.2. The van der Waals surface area contributed by atoms with Gasteiger partial charge < -0.3 is 19.9 Å². The summed E-state index contributed by atoms with van der Waals surface area (Å²) in [5.74, 6) is 2.65. The maximum Gasteiger partial charge on any atom is 0.246 e. The van der Waals surface area contributed by atoms with Crippen molar-refractivity contribution in [3.8, 4) is 17.1 Å². The molecular weight excluding hydrogens is 362 g/mol. The summed E-state index contributed by atoms with van der Waals surface area (Å²) in [6.07, 6.45) is 3.31. The second kappa shape index (κ2) is 7.99. The summed E-state index contributed by atoms with van der Waals surface area (Å²) in [5.41, 5.74) is 1.41. The molecule has 0 saturated heterocycles. The number of pyridine rings is 1. The van der Waals surface area contributed by atoms with Crippen LogP contribution in [0.4, 0.5) is 17.5 Å². The van der Waals surface area contributed by atoms with Gasteiger partial charge in [-0.15, -0.1) is 10.0 Å². The molecule has 0 aliphatic carbocycles. The highest BCUT2D eigenvalue weighted by atomic mass is 16.7. The predicted octanol–water partition coefficient (Wildman–Crippen LogP) is 3.88. The van der Waals surface area contributed by atoms with Crippen molar-refractivity contribution in [2.75, 3.05) is 10.6 Å². The molecule has 0 aliphatic rings. The Morgan fingerprint density at radius 3 is 3.00 bits per heavy atom. The number of nitrogens with one attached hydrogen (secondary N) is 3. The Hall–Kier alpha value is -4.21. The number of furan rings is 1. The van der Waals surface area contributed by atoms with Crippen molar-refractivity contribution in [2.45, 2.75) is 6.54 Å². The van der Waals surface area contributed by atoms with Crippen LogP contribution < -0.4 is 15.5 Å². The van der Waals surface area contributed by atoms with E-state index >= 15 is 0 Å². The van der Waals surface area contributed by atoms with Crippen molar-refractivity contribution in [2.24, 2.45) is 5.34 Å². The first kappa shape index (κ1) is 17.2. The zero-order valence-corrected chi connectivity index (χ0v) is 14.5. The third kappa shape index (κ3) is 3.96. The molecule has 10 heteroatoms. The van der Waals surface area contributed by atoms with E-state index in [4.69, 9.17) is 4.42 Å². The van der Waals surface area contributed by atoms with Crippen molar-refractivity contribution in [1.29, 1.82) is 0 Å². The molecule has 0 amide bonds. The smallest absolute Gasteiger partial charge is 0.246 e. The zero-order valence-electron chi connectivity index (χ0n) is 14.5. The van der Waals surface area contributed by atoms with Crippen LogP contribution in [0, 0.1) is 4.91 Å². The molecule has 0 unspecified atom stereocenters. The molecule has 4 aromatic rings. The topological polar surface area (TPSA) is 130 Å². The maximum absolute atomic E-state index is 10.2. The molecule has 1 aromatic carbocycles. The van der Waals surface area contributed by atoms with Crippen LogP contribution in [0.1, 0.15) is 5.76 Å². The number of anilines is 3. The third-order valence-corrected chi connectivity index (χ3v) is 3.79. The largest absolute Gasteiger partial charge is 0.467 e. The Balaban J connectivity index is 1.51. The molecular formula is C18H15N7O3. The molecule has 0 bridgehead atoms. The average Bonchev–Trinajstić information content (AvgIpc) is 3.39. The van der Waals surface area contributed by atoms with Crippen molar-refractivity contribution >= 4 is 17.5 Å². The van der Waals surface area contributed by atoms with Crippen molar-refractivity contribution in [3.63, 3.8) is 0 Å². The van der Waals surface area contributed by atoms with E-state index in [0.29, 0.717) is 35.6 Å². The van der Waals surface area contributed by atoms with Gasteiger partial charge in [0.1, 0.15) is 11.6 Å². The molecule has 0 saturated carbocycles. The van der Waals surface area contributed by atoms with E-state index in [1.54, 1.807) is 36.7 Å². The second-order valence-corrected chi connectivity index (χ2v) is 5.66. The van der Waals surface area contributed by atoms with E-state index in [1.165, 1.54) is 0 Å². The minimum absolute atomic E-state index is 0.312. The van der Waals surface area contributed by atoms with Gasteiger partial charge in [-0.05, 0) is 36.4 Å². The van der Waals surface area contributed by atoms with E-state index in [1.807, 2.05) is 24.3 Å². The number of nitrogens with zero attached hydrogens (tertiary/aromatic N) is 4. The lowest BCUT2D eigenvalue weighted by Gasteiger charge is -2.07. The molecule has 3 heterocycles. The Kier molecular flexibility index (Phi) is 4.92. The summed E-state index contributed by atoms with van der Waals surface area (Å²) >= 11 is 0. The molecule has 140 valence electrons. The van der Waals surface area contributed by atoms with Crippen LogP contribution in [0.25, 0.3) is 11.4 Å². The molecule has 3 N–H and O–H groups in total. The summed E-state index contributed by atoms with van der Waals surface area (Å²) in [4.78, 5) is 23.6. The third-order valence-electron chi connectivity index (χ3n) is 3.79. The molecule has 0 fully saturated rings. The quantitative estimate of drug-likeness (QED) is 0.311. The molecule has 3 aromatic heterocycles. The van der Waals surface area contributed by atoms with Crippen molar-refractivity contribution in [1.82, 2.24) is 20.2 Å². The Morgan fingerprint density at radius 2 is 2.14 bits per heavy atom. The maximum atomic E-state index is 10.2. The normalized spacial score (nSPS) is 10.4. The van der Waals surface area contributed by atoms with Crippen LogP contribution in [0.5, 0.6) is 5.75 Å².